The topological polar surface area (TPSA) is 148 Å². The van der Waals surface area contributed by atoms with E-state index in [0.29, 0.717) is 0 Å². The van der Waals surface area contributed by atoms with Crippen LogP contribution in [0.15, 0.2) is 0 Å². The number of hydrogen-bond donors (Lipinski definition) is 4. The molecular formula is C8H13N3O6. The molecule has 17 heavy (non-hydrogen) atoms. The van der Waals surface area contributed by atoms with Crippen LogP contribution >= 0.6 is 0 Å². The van der Waals surface area contributed by atoms with Gasteiger partial charge in [-0.1, -0.05) is 0 Å². The van der Waals surface area contributed by atoms with E-state index in [-0.39, 0.29) is 13.0 Å². The van der Waals surface area contributed by atoms with Gasteiger partial charge in [-0.25, -0.2) is 9.59 Å². The maximum absolute atomic E-state index is 11.0. The summed E-state index contributed by atoms with van der Waals surface area (Å²) >= 11 is 0. The molecule has 0 saturated carbocycles. The minimum Gasteiger partial charge on any atom is -0.480 e. The number of carbonyl (C=O) groups is 4. The quantitative estimate of drug-likeness (QED) is 0.401. The molecule has 0 spiro atoms. The number of nitrogens with two attached hydrogens (primary N) is 1. The molecule has 0 aromatic heterocycles. The summed E-state index contributed by atoms with van der Waals surface area (Å²) in [5, 5.41) is 12.3. The molecule has 0 heterocycles. The van der Waals surface area contributed by atoms with Crippen molar-refractivity contribution in [3.05, 3.63) is 0 Å². The zero-order valence-electron chi connectivity index (χ0n) is 8.89. The largest absolute Gasteiger partial charge is 0.480 e. The Morgan fingerprint density at radius 2 is 1.82 bits per heavy atom. The number of imide groups is 1. The Balaban J connectivity index is 3.62. The van der Waals surface area contributed by atoms with E-state index in [1.165, 1.54) is 0 Å². The van der Waals surface area contributed by atoms with Gasteiger partial charge in [-0.2, -0.15) is 0 Å². The van der Waals surface area contributed by atoms with Gasteiger partial charge in [0.2, 0.25) is 5.91 Å². The van der Waals surface area contributed by atoms with E-state index in [1.54, 1.807) is 0 Å². The van der Waals surface area contributed by atoms with Crippen LogP contribution in [0.25, 0.3) is 0 Å². The summed E-state index contributed by atoms with van der Waals surface area (Å²) in [6.45, 7) is -1.17. The van der Waals surface area contributed by atoms with Gasteiger partial charge >= 0.3 is 12.0 Å². The molecule has 96 valence electrons. The van der Waals surface area contributed by atoms with Crippen molar-refractivity contribution in [2.24, 2.45) is 5.73 Å². The number of aliphatic carboxylic acids is 1. The highest BCUT2D eigenvalue weighted by Gasteiger charge is 2.08. The Hall–Kier alpha value is -2.16. The summed E-state index contributed by atoms with van der Waals surface area (Å²) in [4.78, 5) is 42.3. The minimum absolute atomic E-state index is 0.00439. The second kappa shape index (κ2) is 8.05. The molecule has 4 amide bonds. The van der Waals surface area contributed by atoms with Crippen LogP contribution in [0.2, 0.25) is 0 Å². The van der Waals surface area contributed by atoms with Crippen molar-refractivity contribution in [2.75, 3.05) is 19.8 Å². The van der Waals surface area contributed by atoms with Crippen LogP contribution < -0.4 is 16.4 Å². The van der Waals surface area contributed by atoms with Crippen LogP contribution in [0, 0.1) is 0 Å². The van der Waals surface area contributed by atoms with Gasteiger partial charge in [0.15, 0.2) is 0 Å². The number of urea groups is 1. The molecule has 0 aromatic rings. The Morgan fingerprint density at radius 1 is 1.18 bits per heavy atom. The first-order valence-corrected chi connectivity index (χ1v) is 4.57. The van der Waals surface area contributed by atoms with Crippen LogP contribution in [0.4, 0.5) is 4.79 Å². The zero-order valence-corrected chi connectivity index (χ0v) is 8.89. The molecule has 0 radical (unpaired) electrons. The molecule has 0 unspecified atom stereocenters. The second-order valence-electron chi connectivity index (χ2n) is 2.91. The fourth-order valence-electron chi connectivity index (χ4n) is 0.737. The molecule has 0 aliphatic rings. The van der Waals surface area contributed by atoms with Crippen molar-refractivity contribution in [1.29, 1.82) is 0 Å². The van der Waals surface area contributed by atoms with Gasteiger partial charge in [0.25, 0.3) is 5.91 Å². The Kier molecular flexibility index (Phi) is 7.02. The van der Waals surface area contributed by atoms with Gasteiger partial charge < -0.3 is 20.9 Å². The van der Waals surface area contributed by atoms with E-state index in [9.17, 15) is 19.2 Å². The molecule has 9 heteroatoms. The summed E-state index contributed by atoms with van der Waals surface area (Å²) in [5.74, 6) is -2.59. The molecule has 0 aliphatic carbocycles. The maximum atomic E-state index is 11.0. The van der Waals surface area contributed by atoms with E-state index in [0.717, 1.165) is 0 Å². The number of amides is 4. The lowest BCUT2D eigenvalue weighted by atomic mass is 10.4. The number of ether oxygens (including phenoxy) is 1. The highest BCUT2D eigenvalue weighted by atomic mass is 16.5. The van der Waals surface area contributed by atoms with Gasteiger partial charge in [0.1, 0.15) is 13.2 Å². The van der Waals surface area contributed by atoms with E-state index < -0.39 is 37.0 Å². The van der Waals surface area contributed by atoms with Gasteiger partial charge in [-0.05, 0) is 0 Å². The SMILES string of the molecule is NC(=O)CCNC(=O)NC(=O)COCC(=O)O. The highest BCUT2D eigenvalue weighted by molar-refractivity contribution is 5.95. The fraction of sp³-hybridized carbons (Fsp3) is 0.500. The summed E-state index contributed by atoms with van der Waals surface area (Å²) in [6, 6.07) is -0.810. The third-order valence-electron chi connectivity index (χ3n) is 1.37. The monoisotopic (exact) mass is 247 g/mol. The minimum atomic E-state index is -1.22. The van der Waals surface area contributed by atoms with Gasteiger partial charge in [-0.15, -0.1) is 0 Å². The number of primary amides is 1. The highest BCUT2D eigenvalue weighted by Crippen LogP contribution is 1.77. The van der Waals surface area contributed by atoms with Crippen molar-refractivity contribution in [3.8, 4) is 0 Å². The van der Waals surface area contributed by atoms with Crippen molar-refractivity contribution < 1.29 is 29.0 Å². The number of rotatable bonds is 7. The molecule has 0 saturated heterocycles. The summed E-state index contributed by atoms with van der Waals surface area (Å²) < 4.78 is 4.43. The van der Waals surface area contributed by atoms with Crippen LogP contribution in [0.5, 0.6) is 0 Å². The second-order valence-corrected chi connectivity index (χ2v) is 2.91. The lowest BCUT2D eigenvalue weighted by molar-refractivity contribution is -0.143. The van der Waals surface area contributed by atoms with Crippen LogP contribution in [0.3, 0.4) is 0 Å². The zero-order chi connectivity index (χ0) is 13.3. The molecule has 5 N–H and O–H groups in total. The number of carboxylic acids is 1. The lowest BCUT2D eigenvalue weighted by Crippen LogP contribution is -2.42. The van der Waals surface area contributed by atoms with Crippen LogP contribution in [-0.2, 0) is 19.1 Å². The Labute approximate surface area is 96.3 Å². The Morgan fingerprint density at radius 3 is 2.35 bits per heavy atom. The first kappa shape index (κ1) is 14.8. The van der Waals surface area contributed by atoms with Crippen molar-refractivity contribution in [2.45, 2.75) is 6.42 Å². The maximum Gasteiger partial charge on any atom is 0.329 e. The molecule has 0 aliphatic heterocycles. The number of carboxylic acid groups (broad SMARTS) is 1. The van der Waals surface area contributed by atoms with Crippen molar-refractivity contribution in [1.82, 2.24) is 10.6 Å². The first-order valence-electron chi connectivity index (χ1n) is 4.57. The molecule has 0 atom stereocenters. The normalized spacial score (nSPS) is 9.41. The molecule has 0 bridgehead atoms. The molecule has 9 nitrogen and oxygen atoms in total. The fourth-order valence-corrected chi connectivity index (χ4v) is 0.737. The molecule has 0 fully saturated rings. The molecular weight excluding hydrogens is 234 g/mol. The first-order chi connectivity index (χ1) is 7.91. The number of hydrogen-bond acceptors (Lipinski definition) is 5. The lowest BCUT2D eigenvalue weighted by Gasteiger charge is -2.05. The predicted octanol–water partition coefficient (Wildman–Crippen LogP) is -2.21. The van der Waals surface area contributed by atoms with Gasteiger partial charge in [0.05, 0.1) is 0 Å². The van der Waals surface area contributed by atoms with E-state index in [1.807, 2.05) is 5.32 Å². The van der Waals surface area contributed by atoms with E-state index in [2.05, 4.69) is 10.1 Å². The average molecular weight is 247 g/mol. The molecule has 0 rings (SSSR count). The van der Waals surface area contributed by atoms with Gasteiger partial charge in [0, 0.05) is 13.0 Å². The van der Waals surface area contributed by atoms with Crippen LogP contribution in [0.1, 0.15) is 6.42 Å². The number of carbonyl (C=O) groups excluding carboxylic acids is 3. The van der Waals surface area contributed by atoms with Crippen molar-refractivity contribution in [3.63, 3.8) is 0 Å². The summed E-state index contributed by atoms with van der Waals surface area (Å²) in [5.41, 5.74) is 4.82. The standard InChI is InChI=1S/C8H13N3O6/c9-5(12)1-2-10-8(16)11-6(13)3-17-4-7(14)15/h1-4H2,(H2,9,12)(H,14,15)(H2,10,11,13,16). The summed E-state index contributed by atoms with van der Waals surface area (Å²) in [6.07, 6.45) is -0.0445. The average Bonchev–Trinajstić information content (AvgIpc) is 2.15. The Bertz CT molecular complexity index is 286. The van der Waals surface area contributed by atoms with E-state index in [4.69, 9.17) is 10.8 Å². The number of nitrogens with one attached hydrogen (secondary N) is 2. The van der Waals surface area contributed by atoms with Gasteiger partial charge in [-0.3, -0.25) is 14.9 Å². The van der Waals surface area contributed by atoms with Crippen molar-refractivity contribution >= 4 is 23.8 Å². The third kappa shape index (κ3) is 10.1. The van der Waals surface area contributed by atoms with Crippen LogP contribution in [-0.4, -0.2) is 48.7 Å². The summed E-state index contributed by atoms with van der Waals surface area (Å²) in [7, 11) is 0. The smallest absolute Gasteiger partial charge is 0.329 e. The molecule has 0 aromatic carbocycles. The third-order valence-corrected chi connectivity index (χ3v) is 1.37. The van der Waals surface area contributed by atoms with E-state index >= 15 is 0 Å². The predicted molar refractivity (Wildman–Crippen MR) is 53.8 cm³/mol.